The highest BCUT2D eigenvalue weighted by Crippen LogP contribution is 2.18. The summed E-state index contributed by atoms with van der Waals surface area (Å²) in [5.74, 6) is -0.339. The van der Waals surface area contributed by atoms with Crippen LogP contribution in [0.1, 0.15) is 24.9 Å². The molecule has 1 rings (SSSR count). The third-order valence-electron chi connectivity index (χ3n) is 2.66. The maximum atomic E-state index is 11.6. The largest absolute Gasteiger partial charge is 0.469 e. The first kappa shape index (κ1) is 14.7. The second-order valence-corrected chi connectivity index (χ2v) is 6.14. The number of hydrogen-bond acceptors (Lipinski definition) is 5. The normalized spacial score (nSPS) is 13.1. The molecule has 2 N–H and O–H groups in total. The van der Waals surface area contributed by atoms with E-state index in [4.69, 9.17) is 5.73 Å². The molecule has 1 atom stereocenters. The van der Waals surface area contributed by atoms with E-state index in [2.05, 4.69) is 4.74 Å². The van der Waals surface area contributed by atoms with Crippen LogP contribution < -0.4 is 5.73 Å². The van der Waals surface area contributed by atoms with Crippen LogP contribution in [0.5, 0.6) is 0 Å². The lowest BCUT2D eigenvalue weighted by molar-refractivity contribution is -0.141. The minimum Gasteiger partial charge on any atom is -0.469 e. The maximum absolute atomic E-state index is 11.6. The van der Waals surface area contributed by atoms with E-state index in [1.165, 1.54) is 19.2 Å². The molecule has 18 heavy (non-hydrogen) atoms. The third kappa shape index (κ3) is 3.54. The number of methoxy groups -OCH3 is 1. The quantitative estimate of drug-likeness (QED) is 0.809. The van der Waals surface area contributed by atoms with Gasteiger partial charge >= 0.3 is 5.97 Å². The van der Waals surface area contributed by atoms with Gasteiger partial charge in [-0.1, -0.05) is 19.1 Å². The van der Waals surface area contributed by atoms with Gasteiger partial charge in [-0.3, -0.25) is 4.79 Å². The predicted molar refractivity (Wildman–Crippen MR) is 67.7 cm³/mol. The first-order valence-corrected chi connectivity index (χ1v) is 7.21. The molecular weight excluding hydrogens is 254 g/mol. The lowest BCUT2D eigenvalue weighted by atomic mass is 10.1. The summed E-state index contributed by atoms with van der Waals surface area (Å²) in [7, 11) is -1.90. The van der Waals surface area contributed by atoms with E-state index in [0.717, 1.165) is 0 Å². The van der Waals surface area contributed by atoms with Crippen LogP contribution in [0, 0.1) is 0 Å². The summed E-state index contributed by atoms with van der Waals surface area (Å²) in [5.41, 5.74) is 6.52. The molecule has 5 nitrogen and oxygen atoms in total. The minimum atomic E-state index is -3.20. The minimum absolute atomic E-state index is 0.0561. The van der Waals surface area contributed by atoms with E-state index in [0.29, 0.717) is 5.56 Å². The topological polar surface area (TPSA) is 86.5 Å². The molecule has 100 valence electrons. The fraction of sp³-hybridized carbons (Fsp3) is 0.417. The van der Waals surface area contributed by atoms with Crippen molar-refractivity contribution in [2.75, 3.05) is 12.9 Å². The summed E-state index contributed by atoms with van der Waals surface area (Å²) in [6, 6.07) is 5.76. The van der Waals surface area contributed by atoms with Crippen LogP contribution in [-0.4, -0.2) is 27.2 Å². The third-order valence-corrected chi connectivity index (χ3v) is 4.41. The highest BCUT2D eigenvalue weighted by Gasteiger charge is 2.14. The number of nitrogens with two attached hydrogens (primary N) is 1. The van der Waals surface area contributed by atoms with Gasteiger partial charge in [0.05, 0.1) is 24.2 Å². The Kier molecular flexibility index (Phi) is 4.86. The maximum Gasteiger partial charge on any atom is 0.307 e. The fourth-order valence-corrected chi connectivity index (χ4v) is 2.35. The summed E-state index contributed by atoms with van der Waals surface area (Å²) in [5, 5.41) is 0. The fourth-order valence-electron chi connectivity index (χ4n) is 1.47. The van der Waals surface area contributed by atoms with Crippen molar-refractivity contribution in [3.05, 3.63) is 29.8 Å². The van der Waals surface area contributed by atoms with Crippen molar-refractivity contribution in [2.45, 2.75) is 24.3 Å². The van der Waals surface area contributed by atoms with Crippen molar-refractivity contribution in [3.8, 4) is 0 Å². The Morgan fingerprint density at radius 3 is 2.33 bits per heavy atom. The van der Waals surface area contributed by atoms with Gasteiger partial charge in [-0.25, -0.2) is 8.42 Å². The molecule has 0 saturated heterocycles. The monoisotopic (exact) mass is 271 g/mol. The van der Waals surface area contributed by atoms with Crippen molar-refractivity contribution in [3.63, 3.8) is 0 Å². The molecule has 0 amide bonds. The molecule has 0 saturated carbocycles. The van der Waals surface area contributed by atoms with Crippen LogP contribution in [0.2, 0.25) is 0 Å². The molecule has 0 radical (unpaired) electrons. The van der Waals surface area contributed by atoms with Gasteiger partial charge in [-0.15, -0.1) is 0 Å². The molecule has 1 aromatic carbocycles. The number of carbonyl (C=O) groups is 1. The average molecular weight is 271 g/mol. The zero-order chi connectivity index (χ0) is 13.8. The van der Waals surface area contributed by atoms with Crippen LogP contribution in [0.3, 0.4) is 0 Å². The number of hydrogen-bond donors (Lipinski definition) is 1. The van der Waals surface area contributed by atoms with E-state index in [9.17, 15) is 13.2 Å². The molecule has 1 aromatic rings. The number of esters is 1. The average Bonchev–Trinajstić information content (AvgIpc) is 2.38. The lowest BCUT2D eigenvalue weighted by Gasteiger charge is -2.11. The number of benzene rings is 1. The summed E-state index contributed by atoms with van der Waals surface area (Å²) >= 11 is 0. The Labute approximate surface area is 107 Å². The molecule has 0 bridgehead atoms. The van der Waals surface area contributed by atoms with Crippen LogP contribution in [0.25, 0.3) is 0 Å². The Balaban J connectivity index is 2.86. The highest BCUT2D eigenvalue weighted by atomic mass is 32.2. The molecule has 6 heteroatoms. The summed E-state index contributed by atoms with van der Waals surface area (Å²) in [4.78, 5) is 11.3. The van der Waals surface area contributed by atoms with E-state index in [1.54, 1.807) is 19.1 Å². The smallest absolute Gasteiger partial charge is 0.307 e. The summed E-state index contributed by atoms with van der Waals surface area (Å²) in [6.45, 7) is 1.59. The molecule has 0 aromatic heterocycles. The molecule has 1 unspecified atom stereocenters. The van der Waals surface area contributed by atoms with Crippen molar-refractivity contribution < 1.29 is 17.9 Å². The van der Waals surface area contributed by atoms with Crippen molar-refractivity contribution in [1.82, 2.24) is 0 Å². The van der Waals surface area contributed by atoms with E-state index in [1.807, 2.05) is 0 Å². The zero-order valence-corrected chi connectivity index (χ0v) is 11.2. The van der Waals surface area contributed by atoms with Crippen molar-refractivity contribution >= 4 is 15.8 Å². The van der Waals surface area contributed by atoms with Gasteiger partial charge in [-0.2, -0.15) is 0 Å². The van der Waals surface area contributed by atoms with Crippen molar-refractivity contribution in [1.29, 1.82) is 0 Å². The molecule has 0 aliphatic heterocycles. The molecular formula is C12H17NO4S. The second-order valence-electron chi connectivity index (χ2n) is 3.86. The summed E-state index contributed by atoms with van der Waals surface area (Å²) < 4.78 is 27.7. The number of ether oxygens (including phenoxy) is 1. The van der Waals surface area contributed by atoms with Crippen molar-refractivity contribution in [2.24, 2.45) is 5.73 Å². The Morgan fingerprint density at radius 2 is 1.89 bits per heavy atom. The Morgan fingerprint density at radius 1 is 1.33 bits per heavy atom. The highest BCUT2D eigenvalue weighted by molar-refractivity contribution is 7.91. The second kappa shape index (κ2) is 5.97. The first-order chi connectivity index (χ1) is 8.40. The van der Waals surface area contributed by atoms with Gasteiger partial charge in [0.25, 0.3) is 0 Å². The number of carbonyl (C=O) groups excluding carboxylic acids is 1. The first-order valence-electron chi connectivity index (χ1n) is 5.55. The summed E-state index contributed by atoms with van der Waals surface area (Å²) in [6.07, 6.45) is 0.0658. The van der Waals surface area contributed by atoms with Gasteiger partial charge in [0, 0.05) is 6.04 Å². The van der Waals surface area contributed by atoms with Crippen LogP contribution >= 0.6 is 0 Å². The molecule has 0 aliphatic carbocycles. The number of rotatable bonds is 5. The lowest BCUT2D eigenvalue weighted by Crippen LogP contribution is -2.16. The van der Waals surface area contributed by atoms with E-state index >= 15 is 0 Å². The SMILES string of the molecule is CCS(=O)(=O)c1ccc(C(N)CC(=O)OC)cc1. The number of sulfone groups is 1. The van der Waals surface area contributed by atoms with Gasteiger partial charge in [0.1, 0.15) is 0 Å². The van der Waals surface area contributed by atoms with Gasteiger partial charge in [0.2, 0.25) is 0 Å². The van der Waals surface area contributed by atoms with E-state index in [-0.39, 0.29) is 17.1 Å². The van der Waals surface area contributed by atoms with Crippen LogP contribution in [-0.2, 0) is 19.4 Å². The van der Waals surface area contributed by atoms with E-state index < -0.39 is 21.8 Å². The van der Waals surface area contributed by atoms with Crippen LogP contribution in [0.15, 0.2) is 29.2 Å². The molecule has 0 aliphatic rings. The van der Waals surface area contributed by atoms with Gasteiger partial charge < -0.3 is 10.5 Å². The van der Waals surface area contributed by atoms with Crippen LogP contribution in [0.4, 0.5) is 0 Å². The van der Waals surface area contributed by atoms with Gasteiger partial charge in [0.15, 0.2) is 9.84 Å². The predicted octanol–water partition coefficient (Wildman–Crippen LogP) is 1.04. The standard InChI is InChI=1S/C12H17NO4S/c1-3-18(15,16)10-6-4-9(5-7-10)11(13)8-12(14)17-2/h4-7,11H,3,8,13H2,1-2H3. The zero-order valence-electron chi connectivity index (χ0n) is 10.4. The Hall–Kier alpha value is -1.40. The molecule has 0 heterocycles. The molecule has 0 spiro atoms. The Bertz CT molecular complexity index is 507. The molecule has 0 fully saturated rings. The van der Waals surface area contributed by atoms with Gasteiger partial charge in [-0.05, 0) is 17.7 Å².